The predicted molar refractivity (Wildman–Crippen MR) is 51.4 cm³/mol. The van der Waals surface area contributed by atoms with Gasteiger partial charge in [-0.2, -0.15) is 0 Å². The molecule has 2 saturated carbocycles. The first-order valence-corrected chi connectivity index (χ1v) is 5.56. The summed E-state index contributed by atoms with van der Waals surface area (Å²) in [7, 11) is 0. The second kappa shape index (κ2) is 3.25. The Balaban J connectivity index is 2.19. The fourth-order valence-corrected chi connectivity index (χ4v) is 3.54. The van der Waals surface area contributed by atoms with Crippen molar-refractivity contribution in [1.29, 1.82) is 0 Å². The third kappa shape index (κ3) is 1.31. The molecule has 0 aromatic carbocycles. The average Bonchev–Trinajstić information content (AvgIpc) is 2.43. The quantitative estimate of drug-likeness (QED) is 0.687. The first kappa shape index (κ1) is 9.47. The van der Waals surface area contributed by atoms with Crippen LogP contribution in [0.1, 0.15) is 51.4 Å². The molecule has 2 N–H and O–H groups in total. The highest BCUT2D eigenvalue weighted by Gasteiger charge is 2.53. The van der Waals surface area contributed by atoms with Gasteiger partial charge in [-0.15, -0.1) is 0 Å². The zero-order chi connectivity index (χ0) is 9.36. The van der Waals surface area contributed by atoms with Crippen molar-refractivity contribution >= 4 is 0 Å². The van der Waals surface area contributed by atoms with E-state index in [2.05, 4.69) is 0 Å². The molecule has 76 valence electrons. The summed E-state index contributed by atoms with van der Waals surface area (Å²) in [6.07, 6.45) is 8.56. The van der Waals surface area contributed by atoms with E-state index in [1.54, 1.807) is 0 Å². The Hall–Kier alpha value is -0.0800. The van der Waals surface area contributed by atoms with Gasteiger partial charge in [-0.1, -0.05) is 12.8 Å². The van der Waals surface area contributed by atoms with Crippen LogP contribution in [0, 0.1) is 5.41 Å². The predicted octanol–water partition coefficient (Wildman–Crippen LogP) is 1.84. The molecule has 2 fully saturated rings. The van der Waals surface area contributed by atoms with Crippen LogP contribution < -0.4 is 0 Å². The van der Waals surface area contributed by atoms with E-state index in [1.807, 2.05) is 0 Å². The molecule has 0 heterocycles. The van der Waals surface area contributed by atoms with Crippen molar-refractivity contribution in [1.82, 2.24) is 0 Å². The number of aliphatic hydroxyl groups is 2. The molecular formula is C11H20O2. The lowest BCUT2D eigenvalue weighted by molar-refractivity contribution is -0.101. The van der Waals surface area contributed by atoms with Crippen LogP contribution in [0.25, 0.3) is 0 Å². The Kier molecular flexibility index (Phi) is 2.37. The molecule has 0 radical (unpaired) electrons. The number of aliphatic hydroxyl groups excluding tert-OH is 1. The standard InChI is InChI=1S/C11H20O2/c12-9-8-10-4-1-2-6-11(10,13)7-3-5-10/h12-13H,1-9H2/t10-,11-/m0/s1. The van der Waals surface area contributed by atoms with E-state index in [0.717, 1.165) is 38.5 Å². The minimum Gasteiger partial charge on any atom is -0.396 e. The molecule has 0 saturated heterocycles. The first-order valence-electron chi connectivity index (χ1n) is 5.56. The van der Waals surface area contributed by atoms with Crippen LogP contribution in [0.5, 0.6) is 0 Å². The molecular weight excluding hydrogens is 164 g/mol. The summed E-state index contributed by atoms with van der Waals surface area (Å²) >= 11 is 0. The second-order valence-electron chi connectivity index (χ2n) is 4.85. The maximum atomic E-state index is 10.5. The summed E-state index contributed by atoms with van der Waals surface area (Å²) in [5.74, 6) is 0. The van der Waals surface area contributed by atoms with Crippen molar-refractivity contribution in [3.05, 3.63) is 0 Å². The molecule has 2 nitrogen and oxygen atoms in total. The van der Waals surface area contributed by atoms with Crippen LogP contribution in [0.4, 0.5) is 0 Å². The minimum absolute atomic E-state index is 0.0833. The SMILES string of the molecule is OCC[C@@]12CCCC[C@]1(O)CCC2. The van der Waals surface area contributed by atoms with E-state index < -0.39 is 5.60 Å². The van der Waals surface area contributed by atoms with Crippen molar-refractivity contribution in [3.8, 4) is 0 Å². The fourth-order valence-electron chi connectivity index (χ4n) is 3.54. The largest absolute Gasteiger partial charge is 0.396 e. The van der Waals surface area contributed by atoms with Crippen LogP contribution in [0.15, 0.2) is 0 Å². The summed E-state index contributed by atoms with van der Waals surface area (Å²) in [5, 5.41) is 19.5. The van der Waals surface area contributed by atoms with Gasteiger partial charge in [-0.3, -0.25) is 0 Å². The molecule has 0 aromatic rings. The smallest absolute Gasteiger partial charge is 0.0704 e. The zero-order valence-corrected chi connectivity index (χ0v) is 8.26. The molecule has 0 aromatic heterocycles. The Bertz CT molecular complexity index is 189. The lowest BCUT2D eigenvalue weighted by Crippen LogP contribution is -2.46. The lowest BCUT2D eigenvalue weighted by atomic mass is 9.63. The van der Waals surface area contributed by atoms with Crippen LogP contribution in [0.3, 0.4) is 0 Å². The van der Waals surface area contributed by atoms with Crippen molar-refractivity contribution in [2.75, 3.05) is 6.61 Å². The lowest BCUT2D eigenvalue weighted by Gasteiger charge is -2.46. The van der Waals surface area contributed by atoms with Gasteiger partial charge < -0.3 is 10.2 Å². The van der Waals surface area contributed by atoms with Gasteiger partial charge in [-0.05, 0) is 38.5 Å². The summed E-state index contributed by atoms with van der Waals surface area (Å²) < 4.78 is 0. The highest BCUT2D eigenvalue weighted by molar-refractivity contribution is 5.05. The van der Waals surface area contributed by atoms with Gasteiger partial charge in [0.2, 0.25) is 0 Å². The van der Waals surface area contributed by atoms with Gasteiger partial charge in [0.25, 0.3) is 0 Å². The Morgan fingerprint density at radius 2 is 1.54 bits per heavy atom. The van der Waals surface area contributed by atoms with E-state index in [-0.39, 0.29) is 12.0 Å². The van der Waals surface area contributed by atoms with E-state index in [0.29, 0.717) is 0 Å². The summed E-state index contributed by atoms with van der Waals surface area (Å²) in [6.45, 7) is 0.238. The van der Waals surface area contributed by atoms with Crippen molar-refractivity contribution < 1.29 is 10.2 Å². The van der Waals surface area contributed by atoms with Gasteiger partial charge in [0.1, 0.15) is 0 Å². The van der Waals surface area contributed by atoms with E-state index >= 15 is 0 Å². The number of fused-ring (bicyclic) bond motifs is 1. The average molecular weight is 184 g/mol. The van der Waals surface area contributed by atoms with E-state index in [4.69, 9.17) is 5.11 Å². The van der Waals surface area contributed by atoms with Crippen LogP contribution in [-0.2, 0) is 0 Å². The summed E-state index contributed by atoms with van der Waals surface area (Å²) in [4.78, 5) is 0. The number of rotatable bonds is 2. The van der Waals surface area contributed by atoms with Gasteiger partial charge in [0.15, 0.2) is 0 Å². The summed E-state index contributed by atoms with van der Waals surface area (Å²) in [6, 6.07) is 0. The molecule has 0 spiro atoms. The second-order valence-corrected chi connectivity index (χ2v) is 4.85. The third-order valence-corrected chi connectivity index (χ3v) is 4.32. The van der Waals surface area contributed by atoms with Crippen molar-refractivity contribution in [2.45, 2.75) is 57.0 Å². The topological polar surface area (TPSA) is 40.5 Å². The first-order chi connectivity index (χ1) is 6.22. The maximum absolute atomic E-state index is 10.5. The molecule has 0 amide bonds. The maximum Gasteiger partial charge on any atom is 0.0704 e. The monoisotopic (exact) mass is 184 g/mol. The highest BCUT2D eigenvalue weighted by atomic mass is 16.3. The van der Waals surface area contributed by atoms with Gasteiger partial charge in [-0.25, -0.2) is 0 Å². The normalized spacial score (nSPS) is 44.8. The molecule has 2 heteroatoms. The molecule has 2 atom stereocenters. The Morgan fingerprint density at radius 1 is 0.923 bits per heavy atom. The highest BCUT2D eigenvalue weighted by Crippen LogP contribution is 2.56. The third-order valence-electron chi connectivity index (χ3n) is 4.32. The Labute approximate surface area is 80.0 Å². The van der Waals surface area contributed by atoms with Crippen LogP contribution in [-0.4, -0.2) is 22.4 Å². The van der Waals surface area contributed by atoms with Crippen LogP contribution >= 0.6 is 0 Å². The van der Waals surface area contributed by atoms with Gasteiger partial charge in [0.05, 0.1) is 5.60 Å². The molecule has 0 bridgehead atoms. The molecule has 2 aliphatic carbocycles. The molecule has 0 unspecified atom stereocenters. The van der Waals surface area contributed by atoms with Gasteiger partial charge in [0, 0.05) is 12.0 Å². The zero-order valence-electron chi connectivity index (χ0n) is 8.26. The fraction of sp³-hybridized carbons (Fsp3) is 1.00. The number of hydrogen-bond donors (Lipinski definition) is 2. The molecule has 2 rings (SSSR count). The minimum atomic E-state index is -0.423. The van der Waals surface area contributed by atoms with Crippen molar-refractivity contribution in [2.24, 2.45) is 5.41 Å². The van der Waals surface area contributed by atoms with Gasteiger partial charge >= 0.3 is 0 Å². The number of hydrogen-bond acceptors (Lipinski definition) is 2. The Morgan fingerprint density at radius 3 is 2.31 bits per heavy atom. The van der Waals surface area contributed by atoms with Crippen LogP contribution in [0.2, 0.25) is 0 Å². The summed E-state index contributed by atoms with van der Waals surface area (Å²) in [5.41, 5.74) is -0.339. The van der Waals surface area contributed by atoms with Crippen molar-refractivity contribution in [3.63, 3.8) is 0 Å². The van der Waals surface area contributed by atoms with E-state index in [9.17, 15) is 5.11 Å². The molecule has 13 heavy (non-hydrogen) atoms. The van der Waals surface area contributed by atoms with E-state index in [1.165, 1.54) is 12.8 Å². The molecule has 2 aliphatic rings. The molecule has 0 aliphatic heterocycles.